The summed E-state index contributed by atoms with van der Waals surface area (Å²) in [6, 6.07) is 23.4. The third kappa shape index (κ3) is 20.1. The number of fused-ring (bicyclic) bond motifs is 2. The molecule has 4 aromatic heterocycles. The summed E-state index contributed by atoms with van der Waals surface area (Å²) in [5.74, 6) is -3.55. The van der Waals surface area contributed by atoms with E-state index in [9.17, 15) is 36.7 Å². The highest BCUT2D eigenvalue weighted by atomic mass is 127. The molecular weight excluding hydrogens is 1380 g/mol. The fourth-order valence-electron chi connectivity index (χ4n) is 6.62. The van der Waals surface area contributed by atoms with E-state index < -0.39 is 47.6 Å². The molecule has 441 valence electrons. The highest BCUT2D eigenvalue weighted by Crippen LogP contribution is 2.37. The van der Waals surface area contributed by atoms with E-state index in [-0.39, 0.29) is 38.9 Å². The molecule has 83 heavy (non-hydrogen) atoms. The number of carboxylic acid groups (broad SMARTS) is 1. The first-order valence-corrected chi connectivity index (χ1v) is 28.7. The van der Waals surface area contributed by atoms with Gasteiger partial charge in [0.1, 0.15) is 47.6 Å². The molecule has 0 bridgehead atoms. The van der Waals surface area contributed by atoms with Gasteiger partial charge in [-0.3, -0.25) is 24.4 Å². The lowest BCUT2D eigenvalue weighted by Gasteiger charge is -2.32. The predicted molar refractivity (Wildman–Crippen MR) is 340 cm³/mol. The van der Waals surface area contributed by atoms with Crippen molar-refractivity contribution in [2.45, 2.75) is 59.2 Å². The van der Waals surface area contributed by atoms with Gasteiger partial charge in [-0.1, -0.05) is 49.5 Å². The molecule has 4 aromatic carbocycles. The minimum absolute atomic E-state index is 0.0503. The van der Waals surface area contributed by atoms with E-state index in [4.69, 9.17) is 47.8 Å². The average Bonchev–Trinajstić information content (AvgIpc) is 2.14. The summed E-state index contributed by atoms with van der Waals surface area (Å²) in [4.78, 5) is 57.7. The molecule has 1 N–H and O–H groups in total. The van der Waals surface area contributed by atoms with Crippen molar-refractivity contribution in [1.82, 2.24) is 24.7 Å². The van der Waals surface area contributed by atoms with Crippen LogP contribution in [0.15, 0.2) is 127 Å². The number of pyridine rings is 2. The molecule has 9 rings (SSSR count). The number of benzene rings is 4. The number of carbonyl (C=O) groups excluding carboxylic acids is 3. The second kappa shape index (κ2) is 32.8. The summed E-state index contributed by atoms with van der Waals surface area (Å²) in [5.41, 5.74) is 2.83. The van der Waals surface area contributed by atoms with Crippen LogP contribution in [-0.2, 0) is 9.31 Å². The zero-order valence-corrected chi connectivity index (χ0v) is 55.2. The van der Waals surface area contributed by atoms with E-state index >= 15 is 0 Å². The quantitative estimate of drug-likeness (QED) is 0.0728. The predicted octanol–water partition coefficient (Wildman–Crippen LogP) is 14.6. The van der Waals surface area contributed by atoms with Crippen molar-refractivity contribution in [1.29, 1.82) is 1.34 Å². The molecule has 1 aliphatic heterocycles. The molecule has 1 fully saturated rings. The number of aromatic carboxylic acids is 1. The fourth-order valence-corrected chi connectivity index (χ4v) is 8.01. The van der Waals surface area contributed by atoms with Gasteiger partial charge in [-0.15, -0.1) is 0 Å². The SMILES string of the molecule is CCC.CN(C)C(=O)c1ccc(-c2cc3nccc(Cl)c3o2)c(F)c1.CN(C)C(=O)c1ccc(B2OC(C)(C)C(C)(C)O2)c(F)c1.CN(C)C(=O)c1ccc(Br)c(F)c1.Clc1ccnc2cc(I)oc12.O=C(O)c1ccc(Br)c(F)c1.[2H][B]P. The molecule has 1 aliphatic rings. The van der Waals surface area contributed by atoms with Gasteiger partial charge in [-0.25, -0.2) is 22.4 Å². The van der Waals surface area contributed by atoms with Crippen LogP contribution in [0.1, 0.15) is 89.4 Å². The smallest absolute Gasteiger partial charge is 0.478 e. The number of hydrogen-bond acceptors (Lipinski definition) is 10. The molecule has 14 nitrogen and oxygen atoms in total. The van der Waals surface area contributed by atoms with Crippen LogP contribution in [0.2, 0.25) is 10.0 Å². The molecule has 1 radical (unpaired) electrons. The summed E-state index contributed by atoms with van der Waals surface area (Å²) >= 11 is 19.9. The third-order valence-electron chi connectivity index (χ3n) is 11.5. The second-order valence-corrected chi connectivity index (χ2v) is 22.6. The lowest BCUT2D eigenvalue weighted by molar-refractivity contribution is 0.00578. The summed E-state index contributed by atoms with van der Waals surface area (Å²) in [7, 11) is 12.3. The van der Waals surface area contributed by atoms with Gasteiger partial charge < -0.3 is 37.9 Å². The van der Waals surface area contributed by atoms with Crippen LogP contribution < -0.4 is 5.46 Å². The number of aromatic nitrogens is 2. The third-order valence-corrected chi connectivity index (χ3v) is 13.9. The Bertz CT molecular complexity index is 3560. The molecule has 5 heterocycles. The Hall–Kier alpha value is -5.39. The molecule has 1 unspecified atom stereocenters. The highest BCUT2D eigenvalue weighted by molar-refractivity contribution is 14.1. The maximum atomic E-state index is 14.3. The van der Waals surface area contributed by atoms with E-state index in [0.29, 0.717) is 53.6 Å². The Labute approximate surface area is 525 Å². The van der Waals surface area contributed by atoms with Gasteiger partial charge in [0.05, 0.1) is 41.3 Å². The van der Waals surface area contributed by atoms with E-state index in [1.165, 1.54) is 71.1 Å². The van der Waals surface area contributed by atoms with Crippen LogP contribution in [0, 0.1) is 27.0 Å². The van der Waals surface area contributed by atoms with Crippen LogP contribution in [0.4, 0.5) is 17.6 Å². The summed E-state index contributed by atoms with van der Waals surface area (Å²) in [6.07, 6.45) is 4.47. The second-order valence-electron chi connectivity index (χ2n) is 19.1. The maximum absolute atomic E-state index is 14.3. The minimum Gasteiger partial charge on any atom is -0.478 e. The average molecular weight is 1450 g/mol. The Morgan fingerprint density at radius 2 is 1.01 bits per heavy atom. The number of carbonyl (C=O) groups is 4. The summed E-state index contributed by atoms with van der Waals surface area (Å²) < 4.78 is 84.2. The maximum Gasteiger partial charge on any atom is 0.497 e. The lowest BCUT2D eigenvalue weighted by atomic mass is 9.78. The topological polar surface area (TPSA) is 169 Å². The summed E-state index contributed by atoms with van der Waals surface area (Å²) in [6.45, 7) is 11.9. The first-order chi connectivity index (χ1) is 39.2. The van der Waals surface area contributed by atoms with Crippen LogP contribution in [0.3, 0.4) is 0 Å². The van der Waals surface area contributed by atoms with Crippen LogP contribution in [0.5, 0.6) is 0 Å². The number of rotatable bonds is 6. The van der Waals surface area contributed by atoms with Gasteiger partial charge in [-0.05, 0) is 162 Å². The van der Waals surface area contributed by atoms with Crippen molar-refractivity contribution >= 4 is 153 Å². The standard InChI is InChI=1S/C16H12ClFN2O2.C15H21BFNO3.C9H9BrFNO.C7H4BrFO2.C7H3ClINO.C3H8.BH3P/c1-20(2)16(21)9-3-4-10(12(18)7-9)14-8-13-15(22-14)11(17)5-6-19-13;1-14(2)15(3,4)21-16(20-14)11-8-7-10(9-12(11)17)13(19)18(5)6;1-12(2)9(13)6-3-4-7(10)8(11)5-6;8-5-2-1-4(7(10)11)3-6(5)9;8-4-1-2-10-5-3-6(9)11-7(4)5;1-3-2;1-2/h3-8H,1-2H3;7-9H,1-6H3;3-5H,1-2H3;1-3H,(H,10,11);1-3H;3H2,1-2H3;1H,2H2/i;;;;;;1D. The molecule has 8 aromatic rings. The molecule has 0 aliphatic carbocycles. The van der Waals surface area contributed by atoms with Gasteiger partial charge in [0.25, 0.3) is 17.7 Å². The van der Waals surface area contributed by atoms with Gasteiger partial charge in [0.2, 0.25) is 0 Å². The van der Waals surface area contributed by atoms with Crippen molar-refractivity contribution in [2.75, 3.05) is 42.3 Å². The van der Waals surface area contributed by atoms with Crippen molar-refractivity contribution in [2.24, 2.45) is 0 Å². The van der Waals surface area contributed by atoms with E-state index in [1.807, 2.05) is 33.8 Å². The Kier molecular flexibility index (Phi) is 27.7. The van der Waals surface area contributed by atoms with Gasteiger partial charge in [-0.2, -0.15) is 9.12 Å². The van der Waals surface area contributed by atoms with E-state index in [2.05, 4.69) is 87.4 Å². The number of hydrogen-bond donors (Lipinski definition) is 1. The van der Waals surface area contributed by atoms with Gasteiger partial charge in [0.15, 0.2) is 14.9 Å². The van der Waals surface area contributed by atoms with Crippen LogP contribution in [0.25, 0.3) is 33.5 Å². The van der Waals surface area contributed by atoms with Crippen molar-refractivity contribution < 1.29 is 60.0 Å². The molecule has 0 saturated carbocycles. The number of halogens is 9. The first kappa shape index (κ1) is 70.1. The number of nitrogens with zero attached hydrogens (tertiary/aromatic N) is 5. The summed E-state index contributed by atoms with van der Waals surface area (Å²) in [5, 5.41) is 9.44. The van der Waals surface area contributed by atoms with Crippen molar-refractivity contribution in [3.63, 3.8) is 0 Å². The van der Waals surface area contributed by atoms with Crippen LogP contribution in [-0.4, -0.2) is 123 Å². The Morgan fingerprint density at radius 1 is 0.639 bits per heavy atom. The Morgan fingerprint density at radius 3 is 1.40 bits per heavy atom. The molecule has 1 atom stereocenters. The zero-order valence-electron chi connectivity index (χ0n) is 48.2. The molecule has 1 saturated heterocycles. The molecule has 26 heteroatoms. The molecule has 0 spiro atoms. The fraction of sp³-hybridized carbons (Fsp3) is 0.263. The zero-order chi connectivity index (χ0) is 63.6. The Balaban J connectivity index is 0.000000276. The van der Waals surface area contributed by atoms with E-state index in [1.54, 1.807) is 97.1 Å². The minimum atomic E-state index is -1.13. The largest absolute Gasteiger partial charge is 0.497 e. The van der Waals surface area contributed by atoms with Gasteiger partial charge >= 0.3 is 13.1 Å². The normalized spacial score (nSPS) is 12.5. The first-order valence-electron chi connectivity index (χ1n) is 25.2. The highest BCUT2D eigenvalue weighted by Gasteiger charge is 2.52. The monoisotopic (exact) mass is 1440 g/mol. The molecule has 3 amide bonds. The van der Waals surface area contributed by atoms with Crippen molar-refractivity contribution in [3.05, 3.63) is 178 Å². The number of carboxylic acids is 1. The number of furan rings is 2. The van der Waals surface area contributed by atoms with Gasteiger partial charge in [0, 0.05) is 89.0 Å². The number of amides is 3. The lowest BCUT2D eigenvalue weighted by Crippen LogP contribution is -2.41. The van der Waals surface area contributed by atoms with Crippen LogP contribution >= 0.6 is 86.8 Å². The van der Waals surface area contributed by atoms with Crippen molar-refractivity contribution in [3.8, 4) is 11.3 Å². The molecular formula is C57H60B2Br2Cl2F4IN5O9P. The van der Waals surface area contributed by atoms with E-state index in [0.717, 1.165) is 15.4 Å².